The number of imidazole rings is 1. The molecule has 1 N–H and O–H groups in total. The second kappa shape index (κ2) is 10.2. The summed E-state index contributed by atoms with van der Waals surface area (Å²) >= 11 is 0. The normalized spacial score (nSPS) is 10.7. The Bertz CT molecular complexity index is 1600. The summed E-state index contributed by atoms with van der Waals surface area (Å²) < 4.78 is 12.0. The molecule has 5 heteroatoms. The van der Waals surface area contributed by atoms with E-state index in [0.29, 0.717) is 0 Å². The van der Waals surface area contributed by atoms with Crippen molar-refractivity contribution in [3.8, 4) is 56.9 Å². The van der Waals surface area contributed by atoms with Gasteiger partial charge in [0, 0.05) is 29.1 Å². The number of benzene rings is 4. The number of hydrogen-bond donors (Lipinski definition) is 1. The molecule has 4 aromatic carbocycles. The molecule has 37 heavy (non-hydrogen) atoms. The van der Waals surface area contributed by atoms with Gasteiger partial charge in [-0.15, -0.1) is 0 Å². The Morgan fingerprint density at radius 1 is 0.486 bits per heavy atom. The zero-order valence-electron chi connectivity index (χ0n) is 19.9. The molecule has 0 saturated carbocycles. The maximum Gasteiger partial charge on any atom is 0.138 e. The van der Waals surface area contributed by atoms with Gasteiger partial charge >= 0.3 is 0 Å². The summed E-state index contributed by atoms with van der Waals surface area (Å²) in [4.78, 5) is 12.7. The Labute approximate surface area is 215 Å². The third kappa shape index (κ3) is 5.11. The molecule has 5 nitrogen and oxygen atoms in total. The standard InChI is InChI=1S/C32H23N3O2/c1-3-9-26(10-4-1)36-28-16-14-24(15-17-28)32-34-30(23-18-20-33-21-19-23)31(35-32)25-8-7-13-29(22-25)37-27-11-5-2-6-12-27/h1-22H,(H,34,35). The second-order valence-corrected chi connectivity index (χ2v) is 8.43. The first-order valence-electron chi connectivity index (χ1n) is 12.0. The van der Waals surface area contributed by atoms with Crippen molar-refractivity contribution in [3.63, 3.8) is 0 Å². The summed E-state index contributed by atoms with van der Waals surface area (Å²) in [6, 6.07) is 39.3. The highest BCUT2D eigenvalue weighted by Gasteiger charge is 2.16. The first-order valence-corrected chi connectivity index (χ1v) is 12.0. The van der Waals surface area contributed by atoms with Crippen LogP contribution in [0, 0.1) is 0 Å². The number of nitrogens with zero attached hydrogens (tertiary/aromatic N) is 2. The number of para-hydroxylation sites is 2. The number of ether oxygens (including phenoxy) is 2. The Balaban J connectivity index is 1.35. The molecule has 2 heterocycles. The Kier molecular flexibility index (Phi) is 6.16. The lowest BCUT2D eigenvalue weighted by atomic mass is 10.1. The van der Waals surface area contributed by atoms with Crippen molar-refractivity contribution < 1.29 is 9.47 Å². The molecule has 6 aromatic rings. The van der Waals surface area contributed by atoms with Crippen molar-refractivity contribution in [2.24, 2.45) is 0 Å². The van der Waals surface area contributed by atoms with E-state index in [9.17, 15) is 0 Å². The minimum atomic E-state index is 0.747. The van der Waals surface area contributed by atoms with Crippen LogP contribution in [0.25, 0.3) is 33.9 Å². The average Bonchev–Trinajstić information content (AvgIpc) is 3.41. The number of aromatic nitrogens is 3. The van der Waals surface area contributed by atoms with Gasteiger partial charge in [-0.05, 0) is 72.8 Å². The van der Waals surface area contributed by atoms with E-state index in [4.69, 9.17) is 14.5 Å². The van der Waals surface area contributed by atoms with Gasteiger partial charge in [0.1, 0.15) is 28.8 Å². The van der Waals surface area contributed by atoms with Crippen LogP contribution in [-0.2, 0) is 0 Å². The molecular formula is C32H23N3O2. The van der Waals surface area contributed by atoms with Gasteiger partial charge in [-0.1, -0.05) is 48.5 Å². The van der Waals surface area contributed by atoms with Gasteiger partial charge in [-0.25, -0.2) is 4.98 Å². The van der Waals surface area contributed by atoms with Gasteiger partial charge in [-0.3, -0.25) is 4.98 Å². The zero-order valence-corrected chi connectivity index (χ0v) is 19.9. The van der Waals surface area contributed by atoms with E-state index < -0.39 is 0 Å². The van der Waals surface area contributed by atoms with Crippen LogP contribution < -0.4 is 9.47 Å². The average molecular weight is 482 g/mol. The Hall–Kier alpha value is -5.16. The minimum Gasteiger partial charge on any atom is -0.457 e. The lowest BCUT2D eigenvalue weighted by molar-refractivity contribution is 0.482. The monoisotopic (exact) mass is 481 g/mol. The maximum absolute atomic E-state index is 6.08. The van der Waals surface area contributed by atoms with Crippen LogP contribution in [0.2, 0.25) is 0 Å². The minimum absolute atomic E-state index is 0.747. The lowest BCUT2D eigenvalue weighted by Gasteiger charge is -2.08. The summed E-state index contributed by atoms with van der Waals surface area (Å²) in [5.41, 5.74) is 4.66. The number of rotatable bonds is 7. The fraction of sp³-hybridized carbons (Fsp3) is 0. The number of pyridine rings is 1. The summed E-state index contributed by atoms with van der Waals surface area (Å²) in [6.07, 6.45) is 3.56. The molecule has 0 unspecified atom stereocenters. The van der Waals surface area contributed by atoms with Crippen LogP contribution in [0.3, 0.4) is 0 Å². The van der Waals surface area contributed by atoms with Crippen LogP contribution in [0.15, 0.2) is 134 Å². The highest BCUT2D eigenvalue weighted by Crippen LogP contribution is 2.35. The van der Waals surface area contributed by atoms with E-state index in [2.05, 4.69) is 9.97 Å². The summed E-state index contributed by atoms with van der Waals surface area (Å²) in [7, 11) is 0. The van der Waals surface area contributed by atoms with Crippen molar-refractivity contribution in [2.45, 2.75) is 0 Å². The maximum atomic E-state index is 6.08. The van der Waals surface area contributed by atoms with E-state index in [1.165, 1.54) is 0 Å². The molecule has 0 amide bonds. The third-order valence-electron chi connectivity index (χ3n) is 5.87. The highest BCUT2D eigenvalue weighted by atomic mass is 16.5. The molecule has 0 atom stereocenters. The molecule has 0 fully saturated rings. The number of hydrogen-bond acceptors (Lipinski definition) is 4. The third-order valence-corrected chi connectivity index (χ3v) is 5.87. The lowest BCUT2D eigenvalue weighted by Crippen LogP contribution is -1.87. The van der Waals surface area contributed by atoms with E-state index in [1.54, 1.807) is 12.4 Å². The van der Waals surface area contributed by atoms with Gasteiger partial charge in [0.05, 0.1) is 11.4 Å². The zero-order chi connectivity index (χ0) is 24.9. The first kappa shape index (κ1) is 22.3. The molecule has 0 radical (unpaired) electrons. The molecule has 2 aromatic heterocycles. The van der Waals surface area contributed by atoms with E-state index in [0.717, 1.165) is 56.9 Å². The summed E-state index contributed by atoms with van der Waals surface area (Å²) in [6.45, 7) is 0. The topological polar surface area (TPSA) is 60.0 Å². The highest BCUT2D eigenvalue weighted by molar-refractivity contribution is 5.81. The molecule has 178 valence electrons. The van der Waals surface area contributed by atoms with Gasteiger partial charge in [-0.2, -0.15) is 0 Å². The predicted molar refractivity (Wildman–Crippen MR) is 146 cm³/mol. The summed E-state index contributed by atoms with van der Waals surface area (Å²) in [5.74, 6) is 3.86. The number of nitrogens with one attached hydrogen (secondary N) is 1. The van der Waals surface area contributed by atoms with Crippen LogP contribution in [0.4, 0.5) is 0 Å². The van der Waals surface area contributed by atoms with E-state index in [1.807, 2.05) is 121 Å². The predicted octanol–water partition coefficient (Wildman–Crippen LogP) is 8.39. The van der Waals surface area contributed by atoms with E-state index in [-0.39, 0.29) is 0 Å². The quantitative estimate of drug-likeness (QED) is 0.249. The molecule has 0 bridgehead atoms. The Morgan fingerprint density at radius 3 is 1.76 bits per heavy atom. The number of aromatic amines is 1. The van der Waals surface area contributed by atoms with Crippen molar-refractivity contribution in [1.82, 2.24) is 15.0 Å². The van der Waals surface area contributed by atoms with Crippen LogP contribution in [-0.4, -0.2) is 15.0 Å². The summed E-state index contributed by atoms with van der Waals surface area (Å²) in [5, 5.41) is 0. The van der Waals surface area contributed by atoms with Crippen molar-refractivity contribution in [3.05, 3.63) is 134 Å². The molecule has 0 aliphatic rings. The van der Waals surface area contributed by atoms with Crippen LogP contribution in [0.1, 0.15) is 0 Å². The smallest absolute Gasteiger partial charge is 0.138 e. The molecule has 0 spiro atoms. The largest absolute Gasteiger partial charge is 0.457 e. The van der Waals surface area contributed by atoms with Crippen molar-refractivity contribution >= 4 is 0 Å². The molecular weight excluding hydrogens is 458 g/mol. The van der Waals surface area contributed by atoms with Gasteiger partial charge < -0.3 is 14.5 Å². The fourth-order valence-corrected chi connectivity index (χ4v) is 4.08. The molecule has 6 rings (SSSR count). The van der Waals surface area contributed by atoms with E-state index >= 15 is 0 Å². The first-order chi connectivity index (χ1) is 18.3. The van der Waals surface area contributed by atoms with Crippen LogP contribution in [0.5, 0.6) is 23.0 Å². The SMILES string of the molecule is c1ccc(Oc2ccc(-c3nc(-c4cccc(Oc5ccccc5)c4)c(-c4ccncc4)[nH]3)cc2)cc1. The van der Waals surface area contributed by atoms with Crippen LogP contribution >= 0.6 is 0 Å². The second-order valence-electron chi connectivity index (χ2n) is 8.43. The van der Waals surface area contributed by atoms with Crippen molar-refractivity contribution in [1.29, 1.82) is 0 Å². The van der Waals surface area contributed by atoms with Gasteiger partial charge in [0.15, 0.2) is 0 Å². The number of H-pyrrole nitrogens is 1. The molecule has 0 saturated heterocycles. The molecule has 0 aliphatic carbocycles. The van der Waals surface area contributed by atoms with Gasteiger partial charge in [0.2, 0.25) is 0 Å². The van der Waals surface area contributed by atoms with Gasteiger partial charge in [0.25, 0.3) is 0 Å². The fourth-order valence-electron chi connectivity index (χ4n) is 4.08. The molecule has 0 aliphatic heterocycles. The van der Waals surface area contributed by atoms with Crippen molar-refractivity contribution in [2.75, 3.05) is 0 Å². The Morgan fingerprint density at radius 2 is 1.08 bits per heavy atom.